The standard InChI is InChI=1S/C13H17N3O2S/c1-8-11(13(17)18)12(16(4)14-8)15(3)9(2)10-6-5-7-19-10/h5-7,9H,1-4H3,(H,17,18). The van der Waals surface area contributed by atoms with E-state index in [1.807, 2.05) is 23.4 Å². The van der Waals surface area contributed by atoms with E-state index < -0.39 is 5.97 Å². The van der Waals surface area contributed by atoms with Gasteiger partial charge in [0.05, 0.1) is 11.7 Å². The molecule has 19 heavy (non-hydrogen) atoms. The fraction of sp³-hybridized carbons (Fsp3) is 0.385. The molecule has 1 atom stereocenters. The van der Waals surface area contributed by atoms with Crippen LogP contribution in [-0.4, -0.2) is 27.9 Å². The normalized spacial score (nSPS) is 12.4. The van der Waals surface area contributed by atoms with Crippen LogP contribution in [0.1, 0.15) is 33.9 Å². The largest absolute Gasteiger partial charge is 0.477 e. The summed E-state index contributed by atoms with van der Waals surface area (Å²) in [5, 5.41) is 15.6. The summed E-state index contributed by atoms with van der Waals surface area (Å²) in [6.45, 7) is 3.77. The van der Waals surface area contributed by atoms with Gasteiger partial charge in [-0.2, -0.15) is 5.10 Å². The van der Waals surface area contributed by atoms with Crippen molar-refractivity contribution < 1.29 is 9.90 Å². The topological polar surface area (TPSA) is 58.4 Å². The van der Waals surface area contributed by atoms with Crippen molar-refractivity contribution in [1.82, 2.24) is 9.78 Å². The van der Waals surface area contributed by atoms with Crippen molar-refractivity contribution in [3.05, 3.63) is 33.6 Å². The molecule has 0 saturated heterocycles. The molecule has 1 N–H and O–H groups in total. The Balaban J connectivity index is 2.44. The van der Waals surface area contributed by atoms with Crippen molar-refractivity contribution in [2.24, 2.45) is 7.05 Å². The number of aromatic carboxylic acids is 1. The van der Waals surface area contributed by atoms with E-state index in [0.29, 0.717) is 11.5 Å². The number of carboxylic acids is 1. The van der Waals surface area contributed by atoms with E-state index in [2.05, 4.69) is 18.1 Å². The Kier molecular flexibility index (Phi) is 3.61. The molecule has 0 amide bonds. The van der Waals surface area contributed by atoms with Crippen LogP contribution < -0.4 is 4.90 Å². The lowest BCUT2D eigenvalue weighted by Crippen LogP contribution is -2.25. The first-order valence-corrected chi connectivity index (χ1v) is 6.84. The minimum Gasteiger partial charge on any atom is -0.477 e. The summed E-state index contributed by atoms with van der Waals surface area (Å²) in [5.41, 5.74) is 0.809. The third-order valence-corrected chi connectivity index (χ3v) is 4.32. The first-order valence-electron chi connectivity index (χ1n) is 5.96. The number of aryl methyl sites for hydroxylation is 2. The third-order valence-electron chi connectivity index (χ3n) is 3.28. The van der Waals surface area contributed by atoms with Gasteiger partial charge >= 0.3 is 5.97 Å². The molecular weight excluding hydrogens is 262 g/mol. The molecule has 102 valence electrons. The number of aromatic nitrogens is 2. The molecule has 2 heterocycles. The Hall–Kier alpha value is -1.82. The average Bonchev–Trinajstić information content (AvgIpc) is 2.94. The van der Waals surface area contributed by atoms with Gasteiger partial charge in [0.2, 0.25) is 0 Å². The number of hydrogen-bond acceptors (Lipinski definition) is 4. The van der Waals surface area contributed by atoms with E-state index in [4.69, 9.17) is 0 Å². The molecule has 0 aliphatic heterocycles. The number of carbonyl (C=O) groups is 1. The highest BCUT2D eigenvalue weighted by Gasteiger charge is 2.25. The monoisotopic (exact) mass is 279 g/mol. The lowest BCUT2D eigenvalue weighted by molar-refractivity contribution is 0.0696. The molecule has 0 bridgehead atoms. The lowest BCUT2D eigenvalue weighted by atomic mass is 10.2. The summed E-state index contributed by atoms with van der Waals surface area (Å²) in [5.74, 6) is -0.309. The van der Waals surface area contributed by atoms with Crippen molar-refractivity contribution in [2.75, 3.05) is 11.9 Å². The number of nitrogens with zero attached hydrogens (tertiary/aromatic N) is 3. The molecule has 2 aromatic heterocycles. The molecule has 0 fully saturated rings. The summed E-state index contributed by atoms with van der Waals surface area (Å²) in [6.07, 6.45) is 0. The second kappa shape index (κ2) is 5.05. The molecule has 0 aliphatic carbocycles. The van der Waals surface area contributed by atoms with Gasteiger partial charge in [0.15, 0.2) is 0 Å². The van der Waals surface area contributed by atoms with Gasteiger partial charge in [-0.25, -0.2) is 4.79 Å². The van der Waals surface area contributed by atoms with E-state index >= 15 is 0 Å². The summed E-state index contributed by atoms with van der Waals surface area (Å²) >= 11 is 1.66. The van der Waals surface area contributed by atoms with Crippen molar-refractivity contribution in [3.8, 4) is 0 Å². The molecule has 0 saturated carbocycles. The molecule has 2 aromatic rings. The number of hydrogen-bond donors (Lipinski definition) is 1. The number of rotatable bonds is 4. The van der Waals surface area contributed by atoms with E-state index in [-0.39, 0.29) is 11.6 Å². The third kappa shape index (κ3) is 2.35. The first-order chi connectivity index (χ1) is 8.93. The maximum absolute atomic E-state index is 11.4. The zero-order valence-corrected chi connectivity index (χ0v) is 12.2. The highest BCUT2D eigenvalue weighted by atomic mass is 32.1. The molecule has 0 radical (unpaired) electrons. The second-order valence-electron chi connectivity index (χ2n) is 4.52. The van der Waals surface area contributed by atoms with Gasteiger partial charge in [0.1, 0.15) is 11.4 Å². The van der Waals surface area contributed by atoms with Crippen LogP contribution in [-0.2, 0) is 7.05 Å². The molecule has 2 rings (SSSR count). The fourth-order valence-electron chi connectivity index (χ4n) is 2.20. The van der Waals surface area contributed by atoms with Gasteiger partial charge in [-0.15, -0.1) is 11.3 Å². The van der Waals surface area contributed by atoms with Gasteiger partial charge in [-0.3, -0.25) is 4.68 Å². The quantitative estimate of drug-likeness (QED) is 0.935. The van der Waals surface area contributed by atoms with Crippen LogP contribution in [0, 0.1) is 6.92 Å². The van der Waals surface area contributed by atoms with Gasteiger partial charge in [0.25, 0.3) is 0 Å². The van der Waals surface area contributed by atoms with Gasteiger partial charge in [-0.1, -0.05) is 6.07 Å². The van der Waals surface area contributed by atoms with Crippen molar-refractivity contribution in [2.45, 2.75) is 19.9 Å². The molecule has 6 heteroatoms. The molecule has 0 aromatic carbocycles. The van der Waals surface area contributed by atoms with E-state index in [0.717, 1.165) is 0 Å². The van der Waals surface area contributed by atoms with E-state index in [1.165, 1.54) is 4.88 Å². The van der Waals surface area contributed by atoms with E-state index in [1.54, 1.807) is 30.0 Å². The van der Waals surface area contributed by atoms with Crippen LogP contribution in [0.4, 0.5) is 5.82 Å². The zero-order valence-electron chi connectivity index (χ0n) is 11.4. The predicted octanol–water partition coefficient (Wildman–Crippen LogP) is 2.69. The van der Waals surface area contributed by atoms with Crippen LogP contribution in [0.5, 0.6) is 0 Å². The van der Waals surface area contributed by atoms with Crippen LogP contribution >= 0.6 is 11.3 Å². The zero-order chi connectivity index (χ0) is 14.2. The van der Waals surface area contributed by atoms with Gasteiger partial charge in [-0.05, 0) is 25.3 Å². The first kappa shape index (κ1) is 13.6. The summed E-state index contributed by atoms with van der Waals surface area (Å²) < 4.78 is 1.63. The lowest BCUT2D eigenvalue weighted by Gasteiger charge is -2.26. The van der Waals surface area contributed by atoms with Crippen molar-refractivity contribution >= 4 is 23.1 Å². The summed E-state index contributed by atoms with van der Waals surface area (Å²) in [6, 6.07) is 4.15. The van der Waals surface area contributed by atoms with Gasteiger partial charge in [0, 0.05) is 19.0 Å². The Morgan fingerprint density at radius 1 is 1.58 bits per heavy atom. The average molecular weight is 279 g/mol. The Morgan fingerprint density at radius 2 is 2.26 bits per heavy atom. The number of anilines is 1. The highest BCUT2D eigenvalue weighted by molar-refractivity contribution is 7.10. The number of carboxylic acid groups (broad SMARTS) is 1. The second-order valence-corrected chi connectivity index (χ2v) is 5.49. The van der Waals surface area contributed by atoms with Crippen LogP contribution in [0.15, 0.2) is 17.5 Å². The maximum atomic E-state index is 11.4. The Labute approximate surface area is 116 Å². The predicted molar refractivity (Wildman–Crippen MR) is 76.0 cm³/mol. The summed E-state index contributed by atoms with van der Waals surface area (Å²) in [4.78, 5) is 14.5. The molecule has 1 unspecified atom stereocenters. The fourth-order valence-corrected chi connectivity index (χ4v) is 3.03. The van der Waals surface area contributed by atoms with Crippen LogP contribution in [0.25, 0.3) is 0 Å². The minimum absolute atomic E-state index is 0.105. The Morgan fingerprint density at radius 3 is 2.79 bits per heavy atom. The molecule has 0 spiro atoms. The van der Waals surface area contributed by atoms with Crippen LogP contribution in [0.2, 0.25) is 0 Å². The van der Waals surface area contributed by atoms with Crippen molar-refractivity contribution in [1.29, 1.82) is 0 Å². The molecular formula is C13H17N3O2S. The smallest absolute Gasteiger partial charge is 0.341 e. The molecule has 0 aliphatic rings. The maximum Gasteiger partial charge on any atom is 0.341 e. The molecule has 5 nitrogen and oxygen atoms in total. The SMILES string of the molecule is Cc1nn(C)c(N(C)C(C)c2cccs2)c1C(=O)O. The van der Waals surface area contributed by atoms with Gasteiger partial charge < -0.3 is 10.0 Å². The van der Waals surface area contributed by atoms with Crippen molar-refractivity contribution in [3.63, 3.8) is 0 Å². The van der Waals surface area contributed by atoms with E-state index in [9.17, 15) is 9.90 Å². The minimum atomic E-state index is -0.939. The van der Waals surface area contributed by atoms with Crippen LogP contribution in [0.3, 0.4) is 0 Å². The number of thiophene rings is 1. The summed E-state index contributed by atoms with van der Waals surface area (Å²) in [7, 11) is 3.67. The highest BCUT2D eigenvalue weighted by Crippen LogP contribution is 2.31. The Bertz CT molecular complexity index is 589.